The lowest BCUT2D eigenvalue weighted by molar-refractivity contribution is -0.115. The molecule has 1 atom stereocenters. The number of rotatable bonds is 1. The number of halogens is 2. The molecule has 0 radical (unpaired) electrons. The summed E-state index contributed by atoms with van der Waals surface area (Å²) < 4.78 is 0. The Hall–Kier alpha value is -0.670. The molecule has 0 spiro atoms. The summed E-state index contributed by atoms with van der Waals surface area (Å²) in [6, 6.07) is 0. The third kappa shape index (κ3) is 2.13. The van der Waals surface area contributed by atoms with E-state index in [-0.39, 0.29) is 11.0 Å². The van der Waals surface area contributed by atoms with E-state index in [2.05, 4.69) is 5.32 Å². The molecule has 15 heavy (non-hydrogen) atoms. The Kier molecular flexibility index (Phi) is 3.08. The van der Waals surface area contributed by atoms with Gasteiger partial charge in [0.05, 0.1) is 10.6 Å². The van der Waals surface area contributed by atoms with Crippen molar-refractivity contribution in [3.05, 3.63) is 22.9 Å². The molecule has 0 saturated heterocycles. The van der Waals surface area contributed by atoms with Gasteiger partial charge in [0.1, 0.15) is 5.00 Å². The molecule has 0 aromatic rings. The molecule has 1 unspecified atom stereocenters. The summed E-state index contributed by atoms with van der Waals surface area (Å²) in [6.07, 6.45) is 3.06. The van der Waals surface area contributed by atoms with Crippen LogP contribution in [0.25, 0.3) is 0 Å². The number of alkyl halides is 1. The first kappa shape index (κ1) is 12.4. The Labute approximate surface area is 99.3 Å². The van der Waals surface area contributed by atoms with Crippen LogP contribution in [0.2, 0.25) is 0 Å². The minimum atomic E-state index is -1.02. The number of carbonyl (C=O) groups excluding carboxylic acids is 1. The molecular weight excluding hydrogens is 235 g/mol. The third-order valence-electron chi connectivity index (χ3n) is 2.36. The van der Waals surface area contributed by atoms with Crippen molar-refractivity contribution in [2.75, 3.05) is 0 Å². The molecule has 0 aromatic carbocycles. The number of primary amides is 1. The average Bonchev–Trinajstić information content (AvgIpc) is 2.07. The van der Waals surface area contributed by atoms with Gasteiger partial charge in [-0.15, -0.1) is 0 Å². The SMILES string of the molecule is CC(C)(C)C1(Cl)NC=C(Cl)C=C1C(N)=O. The highest BCUT2D eigenvalue weighted by Gasteiger charge is 2.46. The topological polar surface area (TPSA) is 55.1 Å². The van der Waals surface area contributed by atoms with Crippen LogP contribution in [-0.2, 0) is 4.79 Å². The molecule has 3 nitrogen and oxygen atoms in total. The van der Waals surface area contributed by atoms with E-state index in [1.54, 1.807) is 6.20 Å². The molecule has 1 heterocycles. The lowest BCUT2D eigenvalue weighted by atomic mass is 9.80. The number of nitrogens with one attached hydrogen (secondary N) is 1. The van der Waals surface area contributed by atoms with Crippen LogP contribution >= 0.6 is 23.2 Å². The highest BCUT2D eigenvalue weighted by atomic mass is 35.5. The van der Waals surface area contributed by atoms with Gasteiger partial charge in [0.25, 0.3) is 0 Å². The van der Waals surface area contributed by atoms with Gasteiger partial charge in [-0.2, -0.15) is 0 Å². The number of allylic oxidation sites excluding steroid dienone is 2. The summed E-state index contributed by atoms with van der Waals surface area (Å²) >= 11 is 12.2. The molecule has 1 amide bonds. The third-order valence-corrected chi connectivity index (χ3v) is 3.46. The second kappa shape index (κ2) is 3.72. The van der Waals surface area contributed by atoms with E-state index >= 15 is 0 Å². The standard InChI is InChI=1S/C10H14Cl2N2O/c1-9(2,3)10(12)7(8(13)15)4-6(11)5-14-10/h4-5,14H,1-3H3,(H2,13,15). The number of dihydropyridines is 1. The molecule has 3 N–H and O–H groups in total. The van der Waals surface area contributed by atoms with Crippen LogP contribution in [0.4, 0.5) is 0 Å². The fraction of sp³-hybridized carbons (Fsp3) is 0.500. The van der Waals surface area contributed by atoms with Gasteiger partial charge in [0, 0.05) is 11.6 Å². The summed E-state index contributed by atoms with van der Waals surface area (Å²) in [5.41, 5.74) is 5.19. The fourth-order valence-corrected chi connectivity index (χ4v) is 1.75. The minimum Gasteiger partial charge on any atom is -0.367 e. The molecule has 5 heteroatoms. The maximum absolute atomic E-state index is 11.3. The van der Waals surface area contributed by atoms with Crippen LogP contribution in [0.3, 0.4) is 0 Å². The van der Waals surface area contributed by atoms with E-state index in [4.69, 9.17) is 28.9 Å². The van der Waals surface area contributed by atoms with E-state index < -0.39 is 10.9 Å². The molecule has 0 fully saturated rings. The Balaban J connectivity index is 3.24. The molecule has 0 bridgehead atoms. The molecule has 0 aliphatic carbocycles. The Morgan fingerprint density at radius 3 is 2.47 bits per heavy atom. The maximum atomic E-state index is 11.3. The van der Waals surface area contributed by atoms with Crippen molar-refractivity contribution in [1.29, 1.82) is 0 Å². The fourth-order valence-electron chi connectivity index (χ4n) is 1.39. The summed E-state index contributed by atoms with van der Waals surface area (Å²) in [5, 5.41) is 3.33. The number of carbonyl (C=O) groups is 1. The molecule has 1 rings (SSSR count). The van der Waals surface area contributed by atoms with Crippen LogP contribution in [-0.4, -0.2) is 10.9 Å². The predicted molar refractivity (Wildman–Crippen MR) is 62.4 cm³/mol. The van der Waals surface area contributed by atoms with E-state index in [0.717, 1.165) is 0 Å². The van der Waals surface area contributed by atoms with Crippen LogP contribution < -0.4 is 11.1 Å². The lowest BCUT2D eigenvalue weighted by Crippen LogP contribution is -2.53. The predicted octanol–water partition coefficient (Wildman–Crippen LogP) is 2.06. The molecule has 0 saturated carbocycles. The van der Waals surface area contributed by atoms with Gasteiger partial charge in [-0.05, 0) is 6.08 Å². The van der Waals surface area contributed by atoms with Crippen molar-refractivity contribution in [1.82, 2.24) is 5.32 Å². The van der Waals surface area contributed by atoms with Gasteiger partial charge in [-0.3, -0.25) is 4.79 Å². The van der Waals surface area contributed by atoms with Gasteiger partial charge in [-0.1, -0.05) is 44.0 Å². The smallest absolute Gasteiger partial charge is 0.248 e. The first-order valence-electron chi connectivity index (χ1n) is 4.53. The summed E-state index contributed by atoms with van der Waals surface area (Å²) in [4.78, 5) is 10.3. The molecule has 1 aliphatic heterocycles. The monoisotopic (exact) mass is 248 g/mol. The summed E-state index contributed by atoms with van der Waals surface area (Å²) in [5.74, 6) is -0.571. The van der Waals surface area contributed by atoms with Crippen molar-refractivity contribution in [2.45, 2.75) is 25.8 Å². The Morgan fingerprint density at radius 1 is 1.53 bits per heavy atom. The van der Waals surface area contributed by atoms with Crippen LogP contribution in [0.15, 0.2) is 22.9 Å². The number of hydrogen-bond donors (Lipinski definition) is 2. The first-order valence-corrected chi connectivity index (χ1v) is 5.28. The Morgan fingerprint density at radius 2 is 2.07 bits per heavy atom. The largest absolute Gasteiger partial charge is 0.367 e. The quantitative estimate of drug-likeness (QED) is 0.552. The average molecular weight is 249 g/mol. The minimum absolute atomic E-state index is 0.282. The van der Waals surface area contributed by atoms with Gasteiger partial charge < -0.3 is 11.1 Å². The molecule has 84 valence electrons. The van der Waals surface area contributed by atoms with Gasteiger partial charge in [0.2, 0.25) is 5.91 Å². The molecule has 0 aromatic heterocycles. The van der Waals surface area contributed by atoms with E-state index in [1.165, 1.54) is 6.08 Å². The highest BCUT2D eigenvalue weighted by molar-refractivity contribution is 6.34. The zero-order valence-electron chi connectivity index (χ0n) is 8.90. The maximum Gasteiger partial charge on any atom is 0.248 e. The van der Waals surface area contributed by atoms with Crippen molar-refractivity contribution in [2.24, 2.45) is 11.1 Å². The van der Waals surface area contributed by atoms with Gasteiger partial charge in [0.15, 0.2) is 0 Å². The molecule has 1 aliphatic rings. The Bertz CT molecular complexity index is 355. The van der Waals surface area contributed by atoms with Crippen molar-refractivity contribution in [3.63, 3.8) is 0 Å². The van der Waals surface area contributed by atoms with E-state index in [9.17, 15) is 4.79 Å². The van der Waals surface area contributed by atoms with Crippen molar-refractivity contribution >= 4 is 29.1 Å². The second-order valence-electron chi connectivity index (χ2n) is 4.50. The second-order valence-corrected chi connectivity index (χ2v) is 5.51. The normalized spacial score (nSPS) is 26.5. The lowest BCUT2D eigenvalue weighted by Gasteiger charge is -2.42. The summed E-state index contributed by atoms with van der Waals surface area (Å²) in [6.45, 7) is 5.74. The van der Waals surface area contributed by atoms with Crippen molar-refractivity contribution in [3.8, 4) is 0 Å². The zero-order valence-corrected chi connectivity index (χ0v) is 10.4. The highest BCUT2D eigenvalue weighted by Crippen LogP contribution is 2.42. The van der Waals surface area contributed by atoms with Crippen molar-refractivity contribution < 1.29 is 4.79 Å². The van der Waals surface area contributed by atoms with E-state index in [1.807, 2.05) is 20.8 Å². The van der Waals surface area contributed by atoms with Crippen LogP contribution in [0.1, 0.15) is 20.8 Å². The zero-order chi connectivity index (χ0) is 11.9. The summed E-state index contributed by atoms with van der Waals surface area (Å²) in [7, 11) is 0. The first-order chi connectivity index (χ1) is 6.68. The molecular formula is C10H14Cl2N2O. The number of amides is 1. The van der Waals surface area contributed by atoms with E-state index in [0.29, 0.717) is 5.03 Å². The van der Waals surface area contributed by atoms with Gasteiger partial charge >= 0.3 is 0 Å². The number of hydrogen-bond acceptors (Lipinski definition) is 2. The van der Waals surface area contributed by atoms with Crippen LogP contribution in [0.5, 0.6) is 0 Å². The van der Waals surface area contributed by atoms with Gasteiger partial charge in [-0.25, -0.2) is 0 Å². The van der Waals surface area contributed by atoms with Crippen LogP contribution in [0, 0.1) is 5.41 Å². The number of nitrogens with two attached hydrogens (primary N) is 1.